The van der Waals surface area contributed by atoms with Crippen molar-refractivity contribution in [1.82, 2.24) is 10.6 Å². The molecular weight excluding hydrogens is 418 g/mol. The lowest BCUT2D eigenvalue weighted by Gasteiger charge is -2.17. The zero-order valence-electron chi connectivity index (χ0n) is 18.9. The molecule has 2 rings (SSSR count). The van der Waals surface area contributed by atoms with Gasteiger partial charge in [-0.3, -0.25) is 4.99 Å². The van der Waals surface area contributed by atoms with Crippen LogP contribution in [0, 0.1) is 6.92 Å². The lowest BCUT2D eigenvalue weighted by Crippen LogP contribution is -2.37. The summed E-state index contributed by atoms with van der Waals surface area (Å²) in [7, 11) is 3.25. The van der Waals surface area contributed by atoms with Crippen molar-refractivity contribution in [2.24, 2.45) is 4.99 Å². The molecule has 0 spiro atoms. The monoisotopic (exact) mass is 449 g/mol. The molecule has 0 heterocycles. The van der Waals surface area contributed by atoms with E-state index in [1.165, 1.54) is 6.26 Å². The van der Waals surface area contributed by atoms with Crippen molar-refractivity contribution in [3.8, 4) is 17.2 Å². The second-order valence-electron chi connectivity index (χ2n) is 6.97. The molecule has 0 aromatic heterocycles. The first kappa shape index (κ1) is 24.3. The molecule has 9 heteroatoms. The van der Waals surface area contributed by atoms with Gasteiger partial charge in [0.1, 0.15) is 0 Å². The molecule has 0 aliphatic rings. The number of guanidine groups is 1. The normalized spacial score (nSPS) is 11.7. The number of aliphatic imine (C=N–C) groups is 1. The molecule has 0 amide bonds. The molecule has 0 aliphatic heterocycles. The van der Waals surface area contributed by atoms with E-state index in [9.17, 15) is 8.42 Å². The maximum absolute atomic E-state index is 11.8. The smallest absolute Gasteiger partial charge is 0.203 e. The van der Waals surface area contributed by atoms with E-state index in [0.717, 1.165) is 16.7 Å². The topological polar surface area (TPSA) is 98.2 Å². The molecule has 2 aromatic carbocycles. The molecule has 0 fully saturated rings. The van der Waals surface area contributed by atoms with Gasteiger partial charge in [-0.05, 0) is 36.6 Å². The van der Waals surface area contributed by atoms with E-state index in [1.807, 2.05) is 18.2 Å². The molecule has 0 radical (unpaired) electrons. The summed E-state index contributed by atoms with van der Waals surface area (Å²) < 4.78 is 39.8. The SMILES string of the molecule is CN=C(NCCc1ccc(OC)c(OC)c1OC)NCc1ccc(S(C)(=O)=O)c(C)c1. The van der Waals surface area contributed by atoms with E-state index in [1.54, 1.807) is 47.4 Å². The number of benzene rings is 2. The van der Waals surface area contributed by atoms with Crippen LogP contribution in [0.5, 0.6) is 17.2 Å². The van der Waals surface area contributed by atoms with Crippen molar-refractivity contribution in [2.45, 2.75) is 24.8 Å². The van der Waals surface area contributed by atoms with Crippen LogP contribution in [0.15, 0.2) is 40.2 Å². The van der Waals surface area contributed by atoms with Crippen LogP contribution in [0.4, 0.5) is 0 Å². The minimum atomic E-state index is -3.22. The van der Waals surface area contributed by atoms with E-state index in [0.29, 0.717) is 47.6 Å². The van der Waals surface area contributed by atoms with Gasteiger partial charge in [-0.1, -0.05) is 18.2 Å². The highest BCUT2D eigenvalue weighted by atomic mass is 32.2. The Hall–Kier alpha value is -2.94. The van der Waals surface area contributed by atoms with Crippen molar-refractivity contribution in [1.29, 1.82) is 0 Å². The van der Waals surface area contributed by atoms with Crippen LogP contribution >= 0.6 is 0 Å². The summed E-state index contributed by atoms with van der Waals surface area (Å²) in [6.45, 7) is 2.94. The molecule has 2 aromatic rings. The van der Waals surface area contributed by atoms with Crippen LogP contribution in [-0.2, 0) is 22.8 Å². The van der Waals surface area contributed by atoms with Crippen LogP contribution in [0.3, 0.4) is 0 Å². The Kier molecular flexibility index (Phi) is 8.56. The Bertz CT molecular complexity index is 1040. The molecule has 0 unspecified atom stereocenters. The second-order valence-corrected chi connectivity index (χ2v) is 8.95. The highest BCUT2D eigenvalue weighted by Crippen LogP contribution is 2.39. The van der Waals surface area contributed by atoms with Gasteiger partial charge in [0.15, 0.2) is 27.3 Å². The first-order valence-corrected chi connectivity index (χ1v) is 11.7. The zero-order chi connectivity index (χ0) is 23.0. The molecule has 8 nitrogen and oxygen atoms in total. The molecule has 0 saturated carbocycles. The Balaban J connectivity index is 1.98. The lowest BCUT2D eigenvalue weighted by molar-refractivity contribution is 0.322. The number of ether oxygens (including phenoxy) is 3. The van der Waals surface area contributed by atoms with Gasteiger partial charge in [-0.25, -0.2) is 8.42 Å². The Morgan fingerprint density at radius 3 is 2.26 bits per heavy atom. The summed E-state index contributed by atoms with van der Waals surface area (Å²) >= 11 is 0. The predicted molar refractivity (Wildman–Crippen MR) is 122 cm³/mol. The lowest BCUT2D eigenvalue weighted by atomic mass is 10.1. The number of aryl methyl sites for hydroxylation is 1. The van der Waals surface area contributed by atoms with Crippen LogP contribution in [0.1, 0.15) is 16.7 Å². The molecule has 0 aliphatic carbocycles. The van der Waals surface area contributed by atoms with Crippen LogP contribution in [0.25, 0.3) is 0 Å². The molecule has 31 heavy (non-hydrogen) atoms. The van der Waals surface area contributed by atoms with Crippen molar-refractivity contribution in [3.63, 3.8) is 0 Å². The van der Waals surface area contributed by atoms with E-state index in [-0.39, 0.29) is 0 Å². The molecule has 2 N–H and O–H groups in total. The third kappa shape index (κ3) is 6.27. The summed E-state index contributed by atoms with van der Waals surface area (Å²) in [6, 6.07) is 9.11. The van der Waals surface area contributed by atoms with E-state index < -0.39 is 9.84 Å². The van der Waals surface area contributed by atoms with E-state index in [4.69, 9.17) is 14.2 Å². The summed E-state index contributed by atoms with van der Waals surface area (Å²) in [5, 5.41) is 6.51. The Morgan fingerprint density at radius 2 is 1.71 bits per heavy atom. The quantitative estimate of drug-likeness (QED) is 0.448. The fourth-order valence-corrected chi connectivity index (χ4v) is 4.28. The van der Waals surface area contributed by atoms with Crippen LogP contribution in [0.2, 0.25) is 0 Å². The van der Waals surface area contributed by atoms with Gasteiger partial charge in [-0.15, -0.1) is 0 Å². The number of hydrogen-bond acceptors (Lipinski definition) is 6. The Labute approximate surface area is 184 Å². The van der Waals surface area contributed by atoms with E-state index in [2.05, 4.69) is 15.6 Å². The summed E-state index contributed by atoms with van der Waals surface area (Å²) in [5.41, 5.74) is 2.68. The molecule has 170 valence electrons. The average Bonchev–Trinajstić information content (AvgIpc) is 2.74. The molecule has 0 bridgehead atoms. The molecular formula is C22H31N3O5S. The average molecular weight is 450 g/mol. The second kappa shape index (κ2) is 10.9. The first-order valence-electron chi connectivity index (χ1n) is 9.77. The van der Waals surface area contributed by atoms with Crippen molar-refractivity contribution < 1.29 is 22.6 Å². The van der Waals surface area contributed by atoms with Gasteiger partial charge in [0.25, 0.3) is 0 Å². The Morgan fingerprint density at radius 1 is 1.00 bits per heavy atom. The van der Waals surface area contributed by atoms with Gasteiger partial charge in [-0.2, -0.15) is 0 Å². The number of nitrogens with zero attached hydrogens (tertiary/aromatic N) is 1. The maximum Gasteiger partial charge on any atom is 0.203 e. The third-order valence-corrected chi connectivity index (χ3v) is 6.05. The number of sulfone groups is 1. The highest BCUT2D eigenvalue weighted by molar-refractivity contribution is 7.90. The number of hydrogen-bond donors (Lipinski definition) is 2. The van der Waals surface area contributed by atoms with Crippen LogP contribution < -0.4 is 24.8 Å². The fraction of sp³-hybridized carbons (Fsp3) is 0.409. The van der Waals surface area contributed by atoms with Gasteiger partial charge in [0, 0.05) is 32.0 Å². The largest absolute Gasteiger partial charge is 0.493 e. The summed E-state index contributed by atoms with van der Waals surface area (Å²) in [4.78, 5) is 4.59. The zero-order valence-corrected chi connectivity index (χ0v) is 19.7. The van der Waals surface area contributed by atoms with Gasteiger partial charge >= 0.3 is 0 Å². The van der Waals surface area contributed by atoms with Crippen molar-refractivity contribution in [3.05, 3.63) is 47.0 Å². The fourth-order valence-electron chi connectivity index (χ4n) is 3.32. The van der Waals surface area contributed by atoms with Gasteiger partial charge < -0.3 is 24.8 Å². The maximum atomic E-state index is 11.8. The van der Waals surface area contributed by atoms with Crippen molar-refractivity contribution >= 4 is 15.8 Å². The molecule has 0 atom stereocenters. The summed E-state index contributed by atoms with van der Waals surface area (Å²) in [5.74, 6) is 2.47. The first-order chi connectivity index (χ1) is 14.7. The molecule has 0 saturated heterocycles. The standard InChI is InChI=1S/C22H31N3O5S/c1-15-13-16(7-10-19(15)31(6,26)27)14-25-22(23-2)24-12-11-17-8-9-18(28-3)21(30-5)20(17)29-4/h7-10,13H,11-12,14H2,1-6H3,(H2,23,24,25). The number of rotatable bonds is 9. The third-order valence-electron chi connectivity index (χ3n) is 4.79. The predicted octanol–water partition coefficient (Wildman–Crippen LogP) is 2.33. The van der Waals surface area contributed by atoms with Crippen molar-refractivity contribution in [2.75, 3.05) is 41.2 Å². The van der Waals surface area contributed by atoms with Gasteiger partial charge in [0.05, 0.1) is 26.2 Å². The minimum absolute atomic E-state index is 0.350. The van der Waals surface area contributed by atoms with E-state index >= 15 is 0 Å². The number of methoxy groups -OCH3 is 3. The minimum Gasteiger partial charge on any atom is -0.493 e. The van der Waals surface area contributed by atoms with Gasteiger partial charge in [0.2, 0.25) is 5.75 Å². The van der Waals surface area contributed by atoms with Crippen LogP contribution in [-0.4, -0.2) is 55.6 Å². The highest BCUT2D eigenvalue weighted by Gasteiger charge is 2.15. The number of nitrogens with one attached hydrogen (secondary N) is 2. The summed E-state index contributed by atoms with van der Waals surface area (Å²) in [6.07, 6.45) is 1.90.